The number of aromatic nitrogens is 2. The van der Waals surface area contributed by atoms with Gasteiger partial charge in [0, 0.05) is 19.3 Å². The van der Waals surface area contributed by atoms with Crippen LogP contribution >= 0.6 is 0 Å². The van der Waals surface area contributed by atoms with Gasteiger partial charge in [0.1, 0.15) is 5.75 Å². The Morgan fingerprint density at radius 1 is 1.07 bits per heavy atom. The number of carbonyl (C=O) groups excluding carboxylic acids is 2. The summed E-state index contributed by atoms with van der Waals surface area (Å²) in [6.45, 7) is 3.10. The quantitative estimate of drug-likeness (QED) is 0.547. The zero-order valence-electron chi connectivity index (χ0n) is 16.8. The first kappa shape index (κ1) is 20.4. The summed E-state index contributed by atoms with van der Waals surface area (Å²) in [7, 11) is 1.63. The molecule has 0 atom stereocenters. The number of hydrogen-bond donors (Lipinski definition) is 2. The molecule has 0 radical (unpaired) electrons. The molecule has 0 saturated heterocycles. The minimum Gasteiger partial charge on any atom is -0.497 e. The number of ether oxygens (including phenoxy) is 1. The van der Waals surface area contributed by atoms with Crippen LogP contribution in [0.1, 0.15) is 46.4 Å². The van der Waals surface area contributed by atoms with Crippen LogP contribution < -0.4 is 15.4 Å². The molecule has 3 aromatic rings. The third kappa shape index (κ3) is 4.93. The Morgan fingerprint density at radius 2 is 1.90 bits per heavy atom. The molecule has 0 aliphatic carbocycles. The van der Waals surface area contributed by atoms with Crippen LogP contribution in [0.4, 0.5) is 0 Å². The van der Waals surface area contributed by atoms with Gasteiger partial charge in [-0.1, -0.05) is 31.5 Å². The first-order chi connectivity index (χ1) is 14.1. The van der Waals surface area contributed by atoms with E-state index in [0.29, 0.717) is 25.0 Å². The topological polar surface area (TPSA) is 84.7 Å². The number of rotatable bonds is 9. The number of benzene rings is 1. The van der Waals surface area contributed by atoms with Crippen LogP contribution in [0.2, 0.25) is 0 Å². The monoisotopic (exact) mass is 394 g/mol. The molecule has 2 amide bonds. The highest BCUT2D eigenvalue weighted by Crippen LogP contribution is 2.14. The van der Waals surface area contributed by atoms with Crippen molar-refractivity contribution in [2.45, 2.75) is 26.2 Å². The molecule has 0 unspecified atom stereocenters. The average molecular weight is 394 g/mol. The zero-order chi connectivity index (χ0) is 20.6. The van der Waals surface area contributed by atoms with Crippen molar-refractivity contribution < 1.29 is 14.3 Å². The summed E-state index contributed by atoms with van der Waals surface area (Å²) in [5.41, 5.74) is 1.94. The average Bonchev–Trinajstić information content (AvgIpc) is 3.14. The second kappa shape index (κ2) is 9.73. The van der Waals surface area contributed by atoms with Crippen LogP contribution in [0, 0.1) is 0 Å². The summed E-state index contributed by atoms with van der Waals surface area (Å²) in [6.07, 6.45) is 4.29. The number of unbranched alkanes of at least 4 members (excludes halogenated alkanes) is 1. The van der Waals surface area contributed by atoms with E-state index in [-0.39, 0.29) is 23.3 Å². The first-order valence-corrected chi connectivity index (χ1v) is 9.80. The molecule has 0 fully saturated rings. The van der Waals surface area contributed by atoms with E-state index in [9.17, 15) is 9.59 Å². The van der Waals surface area contributed by atoms with Gasteiger partial charge in [-0.05, 0) is 42.7 Å². The van der Waals surface area contributed by atoms with Crippen molar-refractivity contribution in [3.05, 3.63) is 65.7 Å². The number of fused-ring (bicyclic) bond motifs is 1. The highest BCUT2D eigenvalue weighted by molar-refractivity contribution is 6.02. The molecule has 29 heavy (non-hydrogen) atoms. The lowest BCUT2D eigenvalue weighted by Crippen LogP contribution is -2.28. The van der Waals surface area contributed by atoms with Gasteiger partial charge in [-0.15, -0.1) is 0 Å². The number of nitrogens with one attached hydrogen (secondary N) is 2. The van der Waals surface area contributed by atoms with Crippen LogP contribution in [-0.4, -0.2) is 41.4 Å². The van der Waals surface area contributed by atoms with Crippen LogP contribution in [0.3, 0.4) is 0 Å². The largest absolute Gasteiger partial charge is 0.497 e. The fraction of sp³-hybridized carbons (Fsp3) is 0.318. The normalized spacial score (nSPS) is 10.7. The van der Waals surface area contributed by atoms with E-state index < -0.39 is 0 Å². The number of amides is 2. The Hall–Kier alpha value is -3.35. The zero-order valence-corrected chi connectivity index (χ0v) is 16.8. The van der Waals surface area contributed by atoms with Gasteiger partial charge in [-0.25, -0.2) is 4.98 Å². The maximum Gasteiger partial charge on any atom is 0.287 e. The summed E-state index contributed by atoms with van der Waals surface area (Å²) in [5.74, 6) is 0.401. The molecule has 3 rings (SSSR count). The molecule has 2 N–H and O–H groups in total. The molecule has 0 spiro atoms. The van der Waals surface area contributed by atoms with Crippen LogP contribution in [0.25, 0.3) is 5.52 Å². The lowest BCUT2D eigenvalue weighted by atomic mass is 10.1. The molecule has 152 valence electrons. The van der Waals surface area contributed by atoms with Gasteiger partial charge in [0.15, 0.2) is 5.69 Å². The lowest BCUT2D eigenvalue weighted by molar-refractivity contribution is 0.0943. The predicted octanol–water partition coefficient (Wildman–Crippen LogP) is 2.85. The molecule has 2 heterocycles. The van der Waals surface area contributed by atoms with Crippen molar-refractivity contribution in [3.8, 4) is 5.75 Å². The van der Waals surface area contributed by atoms with Gasteiger partial charge in [0.25, 0.3) is 11.8 Å². The number of pyridine rings is 1. The molecule has 1 aromatic carbocycles. The SMILES string of the molecule is CCCCNC(=O)c1nc(C(=O)NCCc2cccc(OC)c2)n2ccccc12. The summed E-state index contributed by atoms with van der Waals surface area (Å²) < 4.78 is 6.87. The van der Waals surface area contributed by atoms with Gasteiger partial charge in [0.2, 0.25) is 5.82 Å². The maximum absolute atomic E-state index is 12.7. The first-order valence-electron chi connectivity index (χ1n) is 9.80. The van der Waals surface area contributed by atoms with E-state index in [1.807, 2.05) is 30.3 Å². The Labute approximate surface area is 170 Å². The van der Waals surface area contributed by atoms with Gasteiger partial charge in [-0.2, -0.15) is 0 Å². The Morgan fingerprint density at radius 3 is 2.69 bits per heavy atom. The van der Waals surface area contributed by atoms with Crippen molar-refractivity contribution in [3.63, 3.8) is 0 Å². The molecule has 7 nitrogen and oxygen atoms in total. The molecule has 0 aliphatic rings. The molecular formula is C22H26N4O3. The number of imidazole rings is 1. The highest BCUT2D eigenvalue weighted by atomic mass is 16.5. The van der Waals surface area contributed by atoms with Crippen molar-refractivity contribution in [1.29, 1.82) is 0 Å². The number of hydrogen-bond acceptors (Lipinski definition) is 4. The Balaban J connectivity index is 1.71. The van der Waals surface area contributed by atoms with E-state index in [2.05, 4.69) is 22.5 Å². The molecule has 0 bridgehead atoms. The Kier molecular flexibility index (Phi) is 6.84. The number of nitrogens with zero attached hydrogens (tertiary/aromatic N) is 2. The number of carbonyl (C=O) groups is 2. The minimum atomic E-state index is -0.318. The second-order valence-corrected chi connectivity index (χ2v) is 6.71. The van der Waals surface area contributed by atoms with Gasteiger partial charge in [-0.3, -0.25) is 14.0 Å². The molecule has 7 heteroatoms. The summed E-state index contributed by atoms with van der Waals surface area (Å²) in [4.78, 5) is 29.6. The molecule has 0 aliphatic heterocycles. The van der Waals surface area contributed by atoms with Crippen molar-refractivity contribution in [2.75, 3.05) is 20.2 Å². The minimum absolute atomic E-state index is 0.201. The van der Waals surface area contributed by atoms with E-state index >= 15 is 0 Å². The van der Waals surface area contributed by atoms with Crippen LogP contribution in [0.5, 0.6) is 5.75 Å². The molecular weight excluding hydrogens is 368 g/mol. The summed E-state index contributed by atoms with van der Waals surface area (Å²) in [5, 5.41) is 5.75. The van der Waals surface area contributed by atoms with Gasteiger partial charge >= 0.3 is 0 Å². The van der Waals surface area contributed by atoms with E-state index in [1.165, 1.54) is 0 Å². The van der Waals surface area contributed by atoms with Crippen LogP contribution in [0.15, 0.2) is 48.7 Å². The second-order valence-electron chi connectivity index (χ2n) is 6.71. The van der Waals surface area contributed by atoms with Crippen molar-refractivity contribution in [2.24, 2.45) is 0 Å². The van der Waals surface area contributed by atoms with Crippen molar-refractivity contribution >= 4 is 17.3 Å². The third-order valence-corrected chi connectivity index (χ3v) is 4.62. The van der Waals surface area contributed by atoms with E-state index in [0.717, 1.165) is 24.2 Å². The predicted molar refractivity (Wildman–Crippen MR) is 111 cm³/mol. The van der Waals surface area contributed by atoms with E-state index in [4.69, 9.17) is 4.74 Å². The van der Waals surface area contributed by atoms with Crippen LogP contribution in [-0.2, 0) is 6.42 Å². The highest BCUT2D eigenvalue weighted by Gasteiger charge is 2.20. The van der Waals surface area contributed by atoms with Crippen molar-refractivity contribution in [1.82, 2.24) is 20.0 Å². The lowest BCUT2D eigenvalue weighted by Gasteiger charge is -2.06. The summed E-state index contributed by atoms with van der Waals surface area (Å²) in [6, 6.07) is 13.1. The fourth-order valence-electron chi connectivity index (χ4n) is 3.05. The van der Waals surface area contributed by atoms with Gasteiger partial charge < -0.3 is 15.4 Å². The van der Waals surface area contributed by atoms with E-state index in [1.54, 1.807) is 29.8 Å². The third-order valence-electron chi connectivity index (χ3n) is 4.62. The summed E-state index contributed by atoms with van der Waals surface area (Å²) >= 11 is 0. The number of methoxy groups -OCH3 is 1. The smallest absolute Gasteiger partial charge is 0.287 e. The standard InChI is InChI=1S/C22H26N4O3/c1-3-4-12-23-21(27)19-18-10-5-6-14-26(18)20(25-19)22(28)24-13-11-16-8-7-9-17(15-16)29-2/h5-10,14-15H,3-4,11-13H2,1-2H3,(H,23,27)(H,24,28). The Bertz CT molecular complexity index is 997. The fourth-order valence-corrected chi connectivity index (χ4v) is 3.05. The molecule has 2 aromatic heterocycles. The van der Waals surface area contributed by atoms with Gasteiger partial charge in [0.05, 0.1) is 12.6 Å². The molecule has 0 saturated carbocycles. The maximum atomic E-state index is 12.7.